The number of aliphatic carboxylic acids is 1. The van der Waals surface area contributed by atoms with E-state index in [0.29, 0.717) is 16.4 Å². The Labute approximate surface area is 103 Å². The highest BCUT2D eigenvalue weighted by molar-refractivity contribution is 6.32. The smallest absolute Gasteiger partial charge is 0.309 e. The molecule has 1 aromatic heterocycles. The summed E-state index contributed by atoms with van der Waals surface area (Å²) in [4.78, 5) is 10.5. The third-order valence-electron chi connectivity index (χ3n) is 2.22. The molecule has 0 radical (unpaired) electrons. The molecule has 17 heavy (non-hydrogen) atoms. The molecule has 0 aliphatic rings. The summed E-state index contributed by atoms with van der Waals surface area (Å²) in [6, 6.07) is 5.53. The molecule has 1 heterocycles. The first-order valence-corrected chi connectivity index (χ1v) is 5.33. The number of carboxylic acid groups (broad SMARTS) is 1. The van der Waals surface area contributed by atoms with Crippen molar-refractivity contribution in [1.29, 1.82) is 0 Å². The number of carboxylic acids is 1. The molecule has 0 saturated carbocycles. The van der Waals surface area contributed by atoms with E-state index in [-0.39, 0.29) is 6.42 Å². The number of hydrogen-bond donors (Lipinski definition) is 1. The molecule has 6 heteroatoms. The summed E-state index contributed by atoms with van der Waals surface area (Å²) in [5.41, 5.74) is 2.13. The highest BCUT2D eigenvalue weighted by Crippen LogP contribution is 2.20. The molecule has 0 aliphatic heterocycles. The zero-order chi connectivity index (χ0) is 12.4. The van der Waals surface area contributed by atoms with Crippen molar-refractivity contribution in [3.8, 4) is 5.69 Å². The van der Waals surface area contributed by atoms with Gasteiger partial charge in [0.2, 0.25) is 0 Å². The van der Waals surface area contributed by atoms with Crippen LogP contribution in [0.1, 0.15) is 11.3 Å². The van der Waals surface area contributed by atoms with Crippen LogP contribution in [0.2, 0.25) is 5.02 Å². The third-order valence-corrected chi connectivity index (χ3v) is 2.53. The van der Waals surface area contributed by atoms with Crippen LogP contribution in [0.3, 0.4) is 0 Å². The minimum absolute atomic E-state index is 0.149. The molecule has 0 unspecified atom stereocenters. The normalized spacial score (nSPS) is 10.5. The van der Waals surface area contributed by atoms with Gasteiger partial charge in [0.05, 0.1) is 29.0 Å². The second-order valence-corrected chi connectivity index (χ2v) is 4.09. The number of aromatic nitrogens is 3. The Hall–Kier alpha value is -1.88. The minimum Gasteiger partial charge on any atom is -0.481 e. The van der Waals surface area contributed by atoms with Crippen LogP contribution in [-0.2, 0) is 11.2 Å². The number of carbonyl (C=O) groups is 1. The van der Waals surface area contributed by atoms with Gasteiger partial charge in [0.25, 0.3) is 0 Å². The topological polar surface area (TPSA) is 68.0 Å². The molecule has 2 aromatic rings. The standard InChI is InChI=1S/C11H10ClN3O2/c1-7-2-3-10(9(12)4-7)15-6-8(13-14-15)5-11(16)17/h2-4,6H,5H2,1H3,(H,16,17). The van der Waals surface area contributed by atoms with E-state index in [4.69, 9.17) is 16.7 Å². The molecule has 0 saturated heterocycles. The number of halogens is 1. The van der Waals surface area contributed by atoms with Crippen molar-refractivity contribution in [2.45, 2.75) is 13.3 Å². The lowest BCUT2D eigenvalue weighted by molar-refractivity contribution is -0.136. The zero-order valence-electron chi connectivity index (χ0n) is 9.09. The maximum atomic E-state index is 10.5. The molecule has 1 aromatic carbocycles. The Morgan fingerprint density at radius 3 is 2.94 bits per heavy atom. The van der Waals surface area contributed by atoms with Crippen LogP contribution in [0.4, 0.5) is 0 Å². The van der Waals surface area contributed by atoms with Crippen molar-refractivity contribution >= 4 is 17.6 Å². The Bertz CT molecular complexity index is 566. The molecule has 0 amide bonds. The second-order valence-electron chi connectivity index (χ2n) is 3.68. The van der Waals surface area contributed by atoms with E-state index in [2.05, 4.69) is 10.3 Å². The van der Waals surface area contributed by atoms with Crippen LogP contribution in [0.15, 0.2) is 24.4 Å². The largest absolute Gasteiger partial charge is 0.481 e. The Kier molecular flexibility index (Phi) is 3.10. The summed E-state index contributed by atoms with van der Waals surface area (Å²) >= 11 is 6.07. The molecule has 5 nitrogen and oxygen atoms in total. The lowest BCUT2D eigenvalue weighted by atomic mass is 10.2. The second kappa shape index (κ2) is 4.55. The number of aryl methyl sites for hydroxylation is 1. The molecule has 0 aliphatic carbocycles. The van der Waals surface area contributed by atoms with E-state index in [9.17, 15) is 4.79 Å². The minimum atomic E-state index is -0.938. The summed E-state index contributed by atoms with van der Waals surface area (Å²) in [7, 11) is 0. The summed E-state index contributed by atoms with van der Waals surface area (Å²) in [6.07, 6.45) is 1.41. The van der Waals surface area contributed by atoms with Crippen LogP contribution in [-0.4, -0.2) is 26.1 Å². The van der Waals surface area contributed by atoms with Gasteiger partial charge in [0.1, 0.15) is 0 Å². The first kappa shape index (κ1) is 11.6. The van der Waals surface area contributed by atoms with Crippen LogP contribution in [0.25, 0.3) is 5.69 Å². The number of nitrogens with zero attached hydrogens (tertiary/aromatic N) is 3. The molecule has 0 spiro atoms. The molecule has 88 valence electrons. The fourth-order valence-corrected chi connectivity index (χ4v) is 1.77. The van der Waals surface area contributed by atoms with E-state index < -0.39 is 5.97 Å². The Morgan fingerprint density at radius 1 is 1.53 bits per heavy atom. The molecular formula is C11H10ClN3O2. The number of hydrogen-bond acceptors (Lipinski definition) is 3. The highest BCUT2D eigenvalue weighted by atomic mass is 35.5. The van der Waals surface area contributed by atoms with Gasteiger partial charge < -0.3 is 5.11 Å². The molecular weight excluding hydrogens is 242 g/mol. The van der Waals surface area contributed by atoms with Gasteiger partial charge in [0, 0.05) is 0 Å². The fourth-order valence-electron chi connectivity index (χ4n) is 1.45. The van der Waals surface area contributed by atoms with Crippen LogP contribution in [0.5, 0.6) is 0 Å². The Balaban J connectivity index is 2.33. The number of rotatable bonds is 3. The average molecular weight is 252 g/mol. The average Bonchev–Trinajstić information content (AvgIpc) is 2.65. The van der Waals surface area contributed by atoms with Crippen molar-refractivity contribution in [2.75, 3.05) is 0 Å². The number of benzene rings is 1. The van der Waals surface area contributed by atoms with Gasteiger partial charge in [-0.3, -0.25) is 4.79 Å². The summed E-state index contributed by atoms with van der Waals surface area (Å²) in [6.45, 7) is 1.94. The maximum absolute atomic E-state index is 10.5. The lowest BCUT2D eigenvalue weighted by Crippen LogP contribution is -2.00. The SMILES string of the molecule is Cc1ccc(-n2cc(CC(=O)O)nn2)c(Cl)c1. The molecule has 1 N–H and O–H groups in total. The van der Waals surface area contributed by atoms with E-state index in [1.807, 2.05) is 25.1 Å². The van der Waals surface area contributed by atoms with Gasteiger partial charge in [-0.05, 0) is 24.6 Å². The van der Waals surface area contributed by atoms with Gasteiger partial charge in [-0.1, -0.05) is 22.9 Å². The molecule has 0 bridgehead atoms. The van der Waals surface area contributed by atoms with E-state index >= 15 is 0 Å². The van der Waals surface area contributed by atoms with Crippen LogP contribution in [0, 0.1) is 6.92 Å². The van der Waals surface area contributed by atoms with Crippen LogP contribution < -0.4 is 0 Å². The zero-order valence-corrected chi connectivity index (χ0v) is 9.85. The third kappa shape index (κ3) is 2.62. The van der Waals surface area contributed by atoms with E-state index in [1.54, 1.807) is 6.20 Å². The lowest BCUT2D eigenvalue weighted by Gasteiger charge is -2.03. The first-order chi connectivity index (χ1) is 8.06. The van der Waals surface area contributed by atoms with Crippen molar-refractivity contribution in [1.82, 2.24) is 15.0 Å². The summed E-state index contributed by atoms with van der Waals surface area (Å²) in [5.74, 6) is -0.938. The van der Waals surface area contributed by atoms with Gasteiger partial charge in [-0.15, -0.1) is 5.10 Å². The predicted octanol–water partition coefficient (Wildman–Crippen LogP) is 1.86. The predicted molar refractivity (Wildman–Crippen MR) is 62.4 cm³/mol. The highest BCUT2D eigenvalue weighted by Gasteiger charge is 2.09. The summed E-state index contributed by atoms with van der Waals surface area (Å²) in [5, 5.41) is 16.8. The quantitative estimate of drug-likeness (QED) is 0.904. The van der Waals surface area contributed by atoms with Crippen LogP contribution >= 0.6 is 11.6 Å². The van der Waals surface area contributed by atoms with Crippen molar-refractivity contribution in [2.24, 2.45) is 0 Å². The monoisotopic (exact) mass is 251 g/mol. The summed E-state index contributed by atoms with van der Waals surface area (Å²) < 4.78 is 1.47. The van der Waals surface area contributed by atoms with Gasteiger partial charge in [0.15, 0.2) is 0 Å². The first-order valence-electron chi connectivity index (χ1n) is 4.96. The molecule has 0 fully saturated rings. The van der Waals surface area contributed by atoms with Crippen molar-refractivity contribution in [3.05, 3.63) is 40.7 Å². The van der Waals surface area contributed by atoms with Gasteiger partial charge in [-0.2, -0.15) is 0 Å². The molecule has 2 rings (SSSR count). The Morgan fingerprint density at radius 2 is 2.29 bits per heavy atom. The molecule has 0 atom stereocenters. The maximum Gasteiger partial charge on any atom is 0.309 e. The van der Waals surface area contributed by atoms with Crippen molar-refractivity contribution < 1.29 is 9.90 Å². The van der Waals surface area contributed by atoms with Gasteiger partial charge in [-0.25, -0.2) is 4.68 Å². The van der Waals surface area contributed by atoms with E-state index in [0.717, 1.165) is 5.56 Å². The van der Waals surface area contributed by atoms with Crippen molar-refractivity contribution in [3.63, 3.8) is 0 Å². The van der Waals surface area contributed by atoms with E-state index in [1.165, 1.54) is 4.68 Å². The van der Waals surface area contributed by atoms with Gasteiger partial charge >= 0.3 is 5.97 Å². The fraction of sp³-hybridized carbons (Fsp3) is 0.182.